The Balaban J connectivity index is 2.08. The Kier molecular flexibility index (Phi) is 4.60. The molecule has 2 aromatic carbocycles. The Hall–Kier alpha value is -1.62. The number of hydrogen-bond donors (Lipinski definition) is 0. The molecule has 0 heterocycles. The molecule has 0 saturated carbocycles. The van der Waals surface area contributed by atoms with Crippen LogP contribution in [0.4, 0.5) is 13.2 Å². The lowest BCUT2D eigenvalue weighted by atomic mass is 10.0. The van der Waals surface area contributed by atoms with Crippen molar-refractivity contribution in [2.24, 2.45) is 0 Å². The molecule has 0 saturated heterocycles. The Bertz CT molecular complexity index is 560. The quantitative estimate of drug-likeness (QED) is 0.812. The lowest BCUT2D eigenvalue weighted by Gasteiger charge is -2.04. The highest BCUT2D eigenvalue weighted by Gasteiger charge is 2.09. The summed E-state index contributed by atoms with van der Waals surface area (Å²) in [6.45, 7) is 0. The van der Waals surface area contributed by atoms with Gasteiger partial charge in [0.05, 0.1) is 0 Å². The van der Waals surface area contributed by atoms with Gasteiger partial charge < -0.3 is 0 Å². The molecular formula is C15H10BrF3O. The highest BCUT2D eigenvalue weighted by molar-refractivity contribution is 9.10. The standard InChI is InChI=1S/C15H10BrF3O/c16-11-1-9(2-12(17)7-11)5-15(20)6-10-3-13(18)8-14(19)4-10/h1-4,7-8H,5-6H2. The van der Waals surface area contributed by atoms with Gasteiger partial charge in [-0.3, -0.25) is 4.79 Å². The maximum Gasteiger partial charge on any atom is 0.141 e. The predicted molar refractivity (Wildman–Crippen MR) is 72.9 cm³/mol. The van der Waals surface area contributed by atoms with Crippen LogP contribution in [0.3, 0.4) is 0 Å². The third-order valence-electron chi connectivity index (χ3n) is 2.65. The van der Waals surface area contributed by atoms with E-state index in [1.165, 1.54) is 12.1 Å². The molecule has 1 nitrogen and oxygen atoms in total. The zero-order valence-electron chi connectivity index (χ0n) is 10.3. The van der Waals surface area contributed by atoms with Gasteiger partial charge >= 0.3 is 0 Å². The number of carbonyl (C=O) groups is 1. The highest BCUT2D eigenvalue weighted by atomic mass is 79.9. The lowest BCUT2D eigenvalue weighted by Crippen LogP contribution is -2.07. The maximum absolute atomic E-state index is 13.2. The normalized spacial score (nSPS) is 10.6. The van der Waals surface area contributed by atoms with E-state index in [9.17, 15) is 18.0 Å². The monoisotopic (exact) mass is 342 g/mol. The van der Waals surface area contributed by atoms with Crippen LogP contribution in [-0.4, -0.2) is 5.78 Å². The van der Waals surface area contributed by atoms with Gasteiger partial charge in [-0.25, -0.2) is 13.2 Å². The van der Waals surface area contributed by atoms with Gasteiger partial charge in [0.1, 0.15) is 23.2 Å². The first-order chi connectivity index (χ1) is 9.42. The molecule has 0 aliphatic heterocycles. The Morgan fingerprint density at radius 3 is 1.75 bits per heavy atom. The molecule has 0 amide bonds. The molecular weight excluding hydrogens is 333 g/mol. The number of ketones is 1. The summed E-state index contributed by atoms with van der Waals surface area (Å²) in [5.74, 6) is -2.13. The zero-order chi connectivity index (χ0) is 14.7. The van der Waals surface area contributed by atoms with Gasteiger partial charge in [-0.05, 0) is 41.5 Å². The van der Waals surface area contributed by atoms with Crippen LogP contribution in [0.2, 0.25) is 0 Å². The molecule has 0 atom stereocenters. The van der Waals surface area contributed by atoms with Crippen molar-refractivity contribution in [2.75, 3.05) is 0 Å². The molecule has 104 valence electrons. The molecule has 0 fully saturated rings. The molecule has 0 spiro atoms. The largest absolute Gasteiger partial charge is 0.299 e. The Morgan fingerprint density at radius 1 is 0.800 bits per heavy atom. The van der Waals surface area contributed by atoms with E-state index in [1.54, 1.807) is 6.07 Å². The van der Waals surface area contributed by atoms with Gasteiger partial charge in [-0.1, -0.05) is 15.9 Å². The zero-order valence-corrected chi connectivity index (χ0v) is 11.9. The molecule has 0 aliphatic carbocycles. The fourth-order valence-corrected chi connectivity index (χ4v) is 2.46. The minimum absolute atomic E-state index is 0.00842. The average molecular weight is 343 g/mol. The summed E-state index contributed by atoms with van der Waals surface area (Å²) in [4.78, 5) is 11.8. The Labute approximate surface area is 122 Å². The Morgan fingerprint density at radius 2 is 1.25 bits per heavy atom. The SMILES string of the molecule is O=C(Cc1cc(F)cc(F)c1)Cc1cc(F)cc(Br)c1. The predicted octanol–water partition coefficient (Wildman–Crippen LogP) is 4.22. The van der Waals surface area contributed by atoms with Gasteiger partial charge in [-0.15, -0.1) is 0 Å². The number of rotatable bonds is 4. The summed E-state index contributed by atoms with van der Waals surface area (Å²) in [7, 11) is 0. The minimum atomic E-state index is -0.721. The fraction of sp³-hybridized carbons (Fsp3) is 0.133. The van der Waals surface area contributed by atoms with Crippen LogP contribution in [0.15, 0.2) is 40.9 Å². The topological polar surface area (TPSA) is 17.1 Å². The summed E-state index contributed by atoms with van der Waals surface area (Å²) in [5.41, 5.74) is 0.779. The maximum atomic E-state index is 13.2. The number of benzene rings is 2. The van der Waals surface area contributed by atoms with E-state index >= 15 is 0 Å². The van der Waals surface area contributed by atoms with Crippen molar-refractivity contribution in [1.82, 2.24) is 0 Å². The van der Waals surface area contributed by atoms with E-state index in [-0.39, 0.29) is 24.2 Å². The van der Waals surface area contributed by atoms with Gasteiger partial charge in [0.2, 0.25) is 0 Å². The van der Waals surface area contributed by atoms with Crippen molar-refractivity contribution in [1.29, 1.82) is 0 Å². The molecule has 20 heavy (non-hydrogen) atoms. The van der Waals surface area contributed by atoms with Gasteiger partial charge in [-0.2, -0.15) is 0 Å². The average Bonchev–Trinajstić information content (AvgIpc) is 2.24. The van der Waals surface area contributed by atoms with Crippen molar-refractivity contribution >= 4 is 21.7 Å². The number of Topliss-reactive ketones (excluding diaryl/α,β-unsaturated/α-hetero) is 1. The third-order valence-corrected chi connectivity index (χ3v) is 3.11. The van der Waals surface area contributed by atoms with Crippen molar-refractivity contribution in [2.45, 2.75) is 12.8 Å². The van der Waals surface area contributed by atoms with Crippen molar-refractivity contribution in [3.05, 3.63) is 69.4 Å². The second-order valence-corrected chi connectivity index (χ2v) is 5.36. The first-order valence-corrected chi connectivity index (χ1v) is 6.63. The van der Waals surface area contributed by atoms with E-state index in [0.29, 0.717) is 10.0 Å². The van der Waals surface area contributed by atoms with Crippen molar-refractivity contribution < 1.29 is 18.0 Å². The van der Waals surface area contributed by atoms with Gasteiger partial charge in [0.15, 0.2) is 0 Å². The van der Waals surface area contributed by atoms with E-state index in [0.717, 1.165) is 18.2 Å². The highest BCUT2D eigenvalue weighted by Crippen LogP contribution is 2.16. The van der Waals surface area contributed by atoms with Crippen LogP contribution in [0, 0.1) is 17.5 Å². The molecule has 0 bridgehead atoms. The summed E-state index contributed by atoms with van der Waals surface area (Å²) < 4.78 is 39.7. The second kappa shape index (κ2) is 6.22. The summed E-state index contributed by atoms with van der Waals surface area (Å²) >= 11 is 3.14. The van der Waals surface area contributed by atoms with E-state index in [1.807, 2.05) is 0 Å². The van der Waals surface area contributed by atoms with E-state index in [2.05, 4.69) is 15.9 Å². The van der Waals surface area contributed by atoms with Gasteiger partial charge in [0.25, 0.3) is 0 Å². The summed E-state index contributed by atoms with van der Waals surface area (Å²) in [6.07, 6.45) is -0.0860. The van der Waals surface area contributed by atoms with Crippen LogP contribution < -0.4 is 0 Å². The first-order valence-electron chi connectivity index (χ1n) is 5.84. The number of halogens is 4. The van der Waals surface area contributed by atoms with Crippen LogP contribution in [0.5, 0.6) is 0 Å². The van der Waals surface area contributed by atoms with Crippen LogP contribution in [0.25, 0.3) is 0 Å². The molecule has 0 N–H and O–H groups in total. The minimum Gasteiger partial charge on any atom is -0.299 e. The first kappa shape index (κ1) is 14.8. The van der Waals surface area contributed by atoms with Gasteiger partial charge in [0, 0.05) is 23.4 Å². The summed E-state index contributed by atoms with van der Waals surface area (Å²) in [5, 5.41) is 0. The number of carbonyl (C=O) groups excluding carboxylic acids is 1. The van der Waals surface area contributed by atoms with Crippen molar-refractivity contribution in [3.63, 3.8) is 0 Å². The van der Waals surface area contributed by atoms with E-state index in [4.69, 9.17) is 0 Å². The van der Waals surface area contributed by atoms with E-state index < -0.39 is 17.5 Å². The molecule has 2 rings (SSSR count). The number of hydrogen-bond acceptors (Lipinski definition) is 1. The van der Waals surface area contributed by atoms with Crippen LogP contribution in [-0.2, 0) is 17.6 Å². The molecule has 0 radical (unpaired) electrons. The lowest BCUT2D eigenvalue weighted by molar-refractivity contribution is -0.117. The van der Waals surface area contributed by atoms with Crippen LogP contribution in [0.1, 0.15) is 11.1 Å². The van der Waals surface area contributed by atoms with Crippen molar-refractivity contribution in [3.8, 4) is 0 Å². The fourth-order valence-electron chi connectivity index (χ4n) is 1.94. The molecule has 2 aromatic rings. The van der Waals surface area contributed by atoms with Crippen LogP contribution >= 0.6 is 15.9 Å². The molecule has 0 unspecified atom stereocenters. The molecule has 0 aromatic heterocycles. The second-order valence-electron chi connectivity index (χ2n) is 4.45. The molecule has 5 heteroatoms. The third kappa shape index (κ3) is 4.20. The summed E-state index contributed by atoms with van der Waals surface area (Å²) in [6, 6.07) is 7.15. The molecule has 0 aliphatic rings. The smallest absolute Gasteiger partial charge is 0.141 e.